The van der Waals surface area contributed by atoms with Gasteiger partial charge in [-0.05, 0) is 42.5 Å². The number of ether oxygens (including phenoxy) is 1. The van der Waals surface area contributed by atoms with Gasteiger partial charge in [0.1, 0.15) is 5.75 Å². The molecule has 0 saturated heterocycles. The maximum atomic E-state index is 12.8. The highest BCUT2D eigenvalue weighted by atomic mass is 79.9. The fourth-order valence-electron chi connectivity index (χ4n) is 1.90. The van der Waals surface area contributed by atoms with Crippen molar-refractivity contribution in [2.24, 2.45) is 0 Å². The summed E-state index contributed by atoms with van der Waals surface area (Å²) in [5.74, 6) is -0.594. The van der Waals surface area contributed by atoms with Crippen LogP contribution in [-0.2, 0) is 17.1 Å². The summed E-state index contributed by atoms with van der Waals surface area (Å²) in [6, 6.07) is 7.16. The van der Waals surface area contributed by atoms with Crippen LogP contribution in [-0.4, -0.2) is 12.5 Å². The fourth-order valence-corrected chi connectivity index (χ4v) is 2.17. The van der Waals surface area contributed by atoms with E-state index in [2.05, 4.69) is 15.9 Å². The predicted molar refractivity (Wildman–Crippen MR) is 84.7 cm³/mol. The first-order chi connectivity index (χ1) is 11.9. The van der Waals surface area contributed by atoms with E-state index in [1.54, 1.807) is 12.1 Å². The maximum absolute atomic E-state index is 12.8. The second kappa shape index (κ2) is 7.56. The number of amides is 1. The molecule has 2 aromatic carbocycles. The first-order valence-electron chi connectivity index (χ1n) is 6.93. The molecular formula is C16H10BrF6NO2. The van der Waals surface area contributed by atoms with E-state index < -0.39 is 41.7 Å². The Kier molecular flexibility index (Phi) is 5.84. The molecule has 140 valence electrons. The van der Waals surface area contributed by atoms with E-state index in [9.17, 15) is 31.1 Å². The third-order valence-corrected chi connectivity index (χ3v) is 3.58. The number of rotatable bonds is 4. The molecule has 0 bridgehead atoms. The van der Waals surface area contributed by atoms with E-state index in [4.69, 9.17) is 4.74 Å². The summed E-state index contributed by atoms with van der Waals surface area (Å²) in [6.45, 7) is -0.584. The largest absolute Gasteiger partial charge is 0.484 e. The first-order valence-corrected chi connectivity index (χ1v) is 7.72. The number of carbonyl (C=O) groups is 1. The molecule has 3 nitrogen and oxygen atoms in total. The SMILES string of the molecule is O=C(COc1ccc(Br)cc1)Nc1cc(C(F)(F)F)cc(C(F)(F)F)c1. The molecule has 1 amide bonds. The van der Waals surface area contributed by atoms with Crippen molar-refractivity contribution in [1.82, 2.24) is 0 Å². The zero-order valence-electron chi connectivity index (χ0n) is 12.7. The summed E-state index contributed by atoms with van der Waals surface area (Å²) in [5, 5.41) is 1.98. The lowest BCUT2D eigenvalue weighted by Crippen LogP contribution is -2.21. The van der Waals surface area contributed by atoms with Crippen molar-refractivity contribution < 1.29 is 35.9 Å². The van der Waals surface area contributed by atoms with Crippen LogP contribution in [0.5, 0.6) is 5.75 Å². The Bertz CT molecular complexity index is 755. The lowest BCUT2D eigenvalue weighted by Gasteiger charge is -2.15. The summed E-state index contributed by atoms with van der Waals surface area (Å²) in [4.78, 5) is 11.8. The van der Waals surface area contributed by atoms with Crippen molar-refractivity contribution >= 4 is 27.5 Å². The molecule has 0 spiro atoms. The van der Waals surface area contributed by atoms with E-state index in [0.29, 0.717) is 17.9 Å². The van der Waals surface area contributed by atoms with Crippen LogP contribution in [0.15, 0.2) is 46.9 Å². The van der Waals surface area contributed by atoms with Crippen molar-refractivity contribution in [2.75, 3.05) is 11.9 Å². The van der Waals surface area contributed by atoms with Gasteiger partial charge in [-0.25, -0.2) is 0 Å². The molecule has 0 aliphatic carbocycles. The van der Waals surface area contributed by atoms with Crippen molar-refractivity contribution in [3.8, 4) is 5.75 Å². The highest BCUT2D eigenvalue weighted by Crippen LogP contribution is 2.37. The molecule has 0 heterocycles. The normalized spacial score (nSPS) is 12.0. The van der Waals surface area contributed by atoms with Gasteiger partial charge < -0.3 is 10.1 Å². The van der Waals surface area contributed by atoms with Gasteiger partial charge in [0.05, 0.1) is 11.1 Å². The van der Waals surface area contributed by atoms with Crippen LogP contribution >= 0.6 is 15.9 Å². The summed E-state index contributed by atoms with van der Waals surface area (Å²) in [6.07, 6.45) is -9.98. The Balaban J connectivity index is 2.14. The molecule has 0 atom stereocenters. The van der Waals surface area contributed by atoms with Crippen LogP contribution in [0, 0.1) is 0 Å². The summed E-state index contributed by atoms with van der Waals surface area (Å²) in [7, 11) is 0. The van der Waals surface area contributed by atoms with Crippen LogP contribution < -0.4 is 10.1 Å². The van der Waals surface area contributed by atoms with Gasteiger partial charge in [-0.2, -0.15) is 26.3 Å². The van der Waals surface area contributed by atoms with Gasteiger partial charge in [0.15, 0.2) is 6.61 Å². The molecule has 0 saturated carbocycles. The van der Waals surface area contributed by atoms with Crippen molar-refractivity contribution in [3.05, 3.63) is 58.1 Å². The first kappa shape index (κ1) is 20.1. The van der Waals surface area contributed by atoms with Crippen LogP contribution in [0.3, 0.4) is 0 Å². The lowest BCUT2D eigenvalue weighted by molar-refractivity contribution is -0.143. The molecule has 0 unspecified atom stereocenters. The minimum Gasteiger partial charge on any atom is -0.484 e. The molecule has 0 fully saturated rings. The molecular weight excluding hydrogens is 432 g/mol. The molecule has 1 N–H and O–H groups in total. The summed E-state index contributed by atoms with van der Waals surface area (Å²) < 4.78 is 82.5. The highest BCUT2D eigenvalue weighted by Gasteiger charge is 2.37. The standard InChI is InChI=1S/C16H10BrF6NO2/c17-11-1-3-13(4-2-11)26-8-14(25)24-12-6-9(15(18,19)20)5-10(7-12)16(21,22)23/h1-7H,8H2,(H,24,25). The van der Waals surface area contributed by atoms with Gasteiger partial charge in [0, 0.05) is 10.2 Å². The van der Waals surface area contributed by atoms with E-state index in [-0.39, 0.29) is 6.07 Å². The average molecular weight is 442 g/mol. The number of alkyl halides is 6. The van der Waals surface area contributed by atoms with Crippen molar-refractivity contribution in [1.29, 1.82) is 0 Å². The Morgan fingerprint density at radius 2 is 1.42 bits per heavy atom. The molecule has 0 aromatic heterocycles. The topological polar surface area (TPSA) is 38.3 Å². The molecule has 0 aliphatic heterocycles. The average Bonchev–Trinajstić information content (AvgIpc) is 2.52. The molecule has 2 rings (SSSR count). The van der Waals surface area contributed by atoms with Gasteiger partial charge in [-0.1, -0.05) is 15.9 Å². The minimum absolute atomic E-state index is 0.0199. The van der Waals surface area contributed by atoms with Crippen molar-refractivity contribution in [2.45, 2.75) is 12.4 Å². The Morgan fingerprint density at radius 1 is 0.923 bits per heavy atom. The second-order valence-electron chi connectivity index (χ2n) is 5.09. The number of hydrogen-bond acceptors (Lipinski definition) is 2. The number of nitrogens with one attached hydrogen (secondary N) is 1. The van der Waals surface area contributed by atoms with Crippen LogP contribution in [0.2, 0.25) is 0 Å². The van der Waals surface area contributed by atoms with Gasteiger partial charge in [0.2, 0.25) is 0 Å². The predicted octanol–water partition coefficient (Wildman–Crippen LogP) is 5.50. The number of benzene rings is 2. The van der Waals surface area contributed by atoms with Crippen molar-refractivity contribution in [3.63, 3.8) is 0 Å². The monoisotopic (exact) mass is 441 g/mol. The minimum atomic E-state index is -4.99. The number of anilines is 1. The number of carbonyl (C=O) groups excluding carboxylic acids is 1. The molecule has 26 heavy (non-hydrogen) atoms. The van der Waals surface area contributed by atoms with Gasteiger partial charge in [-0.3, -0.25) is 4.79 Å². The number of halogens is 7. The fraction of sp³-hybridized carbons (Fsp3) is 0.188. The van der Waals surface area contributed by atoms with Crippen LogP contribution in [0.4, 0.5) is 32.0 Å². The molecule has 2 aromatic rings. The van der Waals surface area contributed by atoms with Crippen LogP contribution in [0.25, 0.3) is 0 Å². The molecule has 10 heteroatoms. The van der Waals surface area contributed by atoms with Gasteiger partial charge in [-0.15, -0.1) is 0 Å². The Morgan fingerprint density at radius 3 is 1.88 bits per heavy atom. The zero-order chi connectivity index (χ0) is 19.5. The van der Waals surface area contributed by atoms with E-state index in [1.807, 2.05) is 5.32 Å². The summed E-state index contributed by atoms with van der Waals surface area (Å²) >= 11 is 3.20. The summed E-state index contributed by atoms with van der Waals surface area (Å²) in [5.41, 5.74) is -3.66. The molecule has 0 aliphatic rings. The number of hydrogen-bond donors (Lipinski definition) is 1. The molecule has 0 radical (unpaired) electrons. The van der Waals surface area contributed by atoms with Gasteiger partial charge in [0.25, 0.3) is 5.91 Å². The quantitative estimate of drug-likeness (QED) is 0.635. The van der Waals surface area contributed by atoms with E-state index in [0.717, 1.165) is 4.47 Å². The van der Waals surface area contributed by atoms with Crippen LogP contribution in [0.1, 0.15) is 11.1 Å². The van der Waals surface area contributed by atoms with E-state index >= 15 is 0 Å². The lowest BCUT2D eigenvalue weighted by atomic mass is 10.1. The van der Waals surface area contributed by atoms with Gasteiger partial charge >= 0.3 is 12.4 Å². The smallest absolute Gasteiger partial charge is 0.416 e. The third kappa shape index (κ3) is 5.65. The van der Waals surface area contributed by atoms with E-state index in [1.165, 1.54) is 12.1 Å². The maximum Gasteiger partial charge on any atom is 0.416 e. The third-order valence-electron chi connectivity index (χ3n) is 3.05. The highest BCUT2D eigenvalue weighted by molar-refractivity contribution is 9.10. The Labute approximate surface area is 152 Å². The Hall–Kier alpha value is -2.23. The zero-order valence-corrected chi connectivity index (χ0v) is 14.3. The second-order valence-corrected chi connectivity index (χ2v) is 6.00.